The van der Waals surface area contributed by atoms with Crippen molar-refractivity contribution in [3.63, 3.8) is 0 Å². The summed E-state index contributed by atoms with van der Waals surface area (Å²) in [4.78, 5) is 18.2. The quantitative estimate of drug-likeness (QED) is 0.604. The Labute approximate surface area is 151 Å². The molecule has 0 spiro atoms. The van der Waals surface area contributed by atoms with Gasteiger partial charge in [0.2, 0.25) is 5.90 Å². The highest BCUT2D eigenvalue weighted by Crippen LogP contribution is 2.19. The molecule has 0 N–H and O–H groups in total. The van der Waals surface area contributed by atoms with E-state index in [1.807, 2.05) is 61.5 Å². The Morgan fingerprint density at radius 2 is 1.80 bits per heavy atom. The molecule has 2 aromatic rings. The number of carbonyl (C=O) groups excluding carboxylic acids is 1. The van der Waals surface area contributed by atoms with Crippen LogP contribution in [0.4, 0.5) is 5.69 Å². The molecule has 0 amide bonds. The molecule has 5 heteroatoms. The Hall–Kier alpha value is -2.85. The molecule has 1 aliphatic heterocycles. The molecule has 0 saturated carbocycles. The van der Waals surface area contributed by atoms with Crippen LogP contribution in [0.3, 0.4) is 0 Å². The molecule has 126 valence electrons. The molecular weight excluding hydrogens is 336 g/mol. The molecule has 0 aromatic heterocycles. The first-order chi connectivity index (χ1) is 12.0. The highest BCUT2D eigenvalue weighted by Gasteiger charge is 2.21. The van der Waals surface area contributed by atoms with E-state index in [2.05, 4.69) is 4.99 Å². The summed E-state index contributed by atoms with van der Waals surface area (Å²) in [5, 5.41) is 0.603. The molecule has 1 heterocycles. The second-order valence-electron chi connectivity index (χ2n) is 5.74. The molecule has 0 unspecified atom stereocenters. The van der Waals surface area contributed by atoms with Gasteiger partial charge in [-0.25, -0.2) is 9.79 Å². The summed E-state index contributed by atoms with van der Waals surface area (Å²) in [7, 11) is 3.98. The van der Waals surface area contributed by atoms with Gasteiger partial charge < -0.3 is 9.64 Å². The third-order valence-corrected chi connectivity index (χ3v) is 3.85. The zero-order valence-electron chi connectivity index (χ0n) is 13.9. The zero-order chi connectivity index (χ0) is 17.8. The highest BCUT2D eigenvalue weighted by atomic mass is 35.5. The van der Waals surface area contributed by atoms with Gasteiger partial charge in [-0.3, -0.25) is 0 Å². The second-order valence-corrected chi connectivity index (χ2v) is 6.18. The maximum absolute atomic E-state index is 11.9. The smallest absolute Gasteiger partial charge is 0.363 e. The lowest BCUT2D eigenvalue weighted by molar-refractivity contribution is -0.129. The van der Waals surface area contributed by atoms with Gasteiger partial charge in [-0.2, -0.15) is 0 Å². The molecule has 25 heavy (non-hydrogen) atoms. The van der Waals surface area contributed by atoms with Crippen molar-refractivity contribution in [3.8, 4) is 0 Å². The van der Waals surface area contributed by atoms with Gasteiger partial charge in [0.05, 0.1) is 0 Å². The monoisotopic (exact) mass is 352 g/mol. The van der Waals surface area contributed by atoms with Crippen LogP contribution in [0.25, 0.3) is 12.2 Å². The van der Waals surface area contributed by atoms with Crippen molar-refractivity contribution in [1.29, 1.82) is 0 Å². The Bertz CT molecular complexity index is 881. The van der Waals surface area contributed by atoms with Gasteiger partial charge in [-0.1, -0.05) is 35.9 Å². The number of esters is 1. The van der Waals surface area contributed by atoms with Crippen LogP contribution in [-0.4, -0.2) is 26.0 Å². The maximum Gasteiger partial charge on any atom is 0.363 e. The van der Waals surface area contributed by atoms with Crippen LogP contribution in [0.5, 0.6) is 0 Å². The molecule has 0 radical (unpaired) electrons. The average molecular weight is 353 g/mol. The minimum absolute atomic E-state index is 0.255. The molecule has 0 saturated heterocycles. The molecule has 0 bridgehead atoms. The van der Waals surface area contributed by atoms with Crippen LogP contribution in [0, 0.1) is 0 Å². The van der Waals surface area contributed by atoms with Gasteiger partial charge in [0.1, 0.15) is 0 Å². The van der Waals surface area contributed by atoms with Crippen LogP contribution in [0.2, 0.25) is 5.02 Å². The van der Waals surface area contributed by atoms with E-state index in [1.54, 1.807) is 24.3 Å². The normalized spacial score (nSPS) is 15.6. The number of aliphatic imine (C=N–C) groups is 1. The van der Waals surface area contributed by atoms with Crippen LogP contribution in [-0.2, 0) is 9.53 Å². The first kappa shape index (κ1) is 17.0. The lowest BCUT2D eigenvalue weighted by atomic mass is 10.2. The van der Waals surface area contributed by atoms with Crippen LogP contribution in [0.1, 0.15) is 11.1 Å². The van der Waals surface area contributed by atoms with E-state index in [1.165, 1.54) is 0 Å². The number of ether oxygens (including phenoxy) is 1. The Morgan fingerprint density at radius 3 is 2.48 bits per heavy atom. The van der Waals surface area contributed by atoms with Crippen molar-refractivity contribution >= 4 is 41.3 Å². The fourth-order valence-electron chi connectivity index (χ4n) is 2.30. The number of nitrogens with zero attached hydrogens (tertiary/aromatic N) is 2. The molecule has 3 rings (SSSR count). The summed E-state index contributed by atoms with van der Waals surface area (Å²) < 4.78 is 5.17. The van der Waals surface area contributed by atoms with Crippen LogP contribution >= 0.6 is 11.6 Å². The Balaban J connectivity index is 1.76. The Morgan fingerprint density at radius 1 is 1.04 bits per heavy atom. The SMILES string of the molecule is CN(C)c1ccc(C=CC2=NC(=Cc3cccc(Cl)c3)C(=O)O2)cc1. The van der Waals surface area contributed by atoms with E-state index in [9.17, 15) is 4.79 Å². The van der Waals surface area contributed by atoms with Crippen molar-refractivity contribution in [2.75, 3.05) is 19.0 Å². The molecule has 2 aromatic carbocycles. The molecule has 1 aliphatic rings. The van der Waals surface area contributed by atoms with Crippen molar-refractivity contribution in [2.45, 2.75) is 0 Å². The number of halogens is 1. The van der Waals surface area contributed by atoms with Gasteiger partial charge in [-0.05, 0) is 47.5 Å². The predicted octanol–water partition coefficient (Wildman–Crippen LogP) is 4.42. The summed E-state index contributed by atoms with van der Waals surface area (Å²) in [6.45, 7) is 0. The molecule has 0 aliphatic carbocycles. The number of anilines is 1. The van der Waals surface area contributed by atoms with Gasteiger partial charge >= 0.3 is 5.97 Å². The Kier molecular flexibility index (Phi) is 5.00. The van der Waals surface area contributed by atoms with E-state index in [0.29, 0.717) is 5.02 Å². The maximum atomic E-state index is 11.9. The molecule has 0 atom stereocenters. The third-order valence-electron chi connectivity index (χ3n) is 3.62. The fraction of sp³-hybridized carbons (Fsp3) is 0.100. The summed E-state index contributed by atoms with van der Waals surface area (Å²) >= 11 is 5.95. The van der Waals surface area contributed by atoms with Gasteiger partial charge in [-0.15, -0.1) is 0 Å². The predicted molar refractivity (Wildman–Crippen MR) is 103 cm³/mol. The highest BCUT2D eigenvalue weighted by molar-refractivity contribution is 6.30. The first-order valence-corrected chi connectivity index (χ1v) is 8.13. The van der Waals surface area contributed by atoms with Crippen molar-refractivity contribution in [2.24, 2.45) is 4.99 Å². The number of carbonyl (C=O) groups is 1. The summed E-state index contributed by atoms with van der Waals surface area (Å²) in [6.07, 6.45) is 5.19. The van der Waals surface area contributed by atoms with Crippen molar-refractivity contribution in [3.05, 3.63) is 76.5 Å². The molecular formula is C20H17ClN2O2. The van der Waals surface area contributed by atoms with Crippen molar-refractivity contribution in [1.82, 2.24) is 0 Å². The summed E-state index contributed by atoms with van der Waals surface area (Å²) in [5.41, 5.74) is 3.17. The number of cyclic esters (lactones) is 1. The topological polar surface area (TPSA) is 41.9 Å². The van der Waals surface area contributed by atoms with E-state index in [4.69, 9.17) is 16.3 Å². The fourth-order valence-corrected chi connectivity index (χ4v) is 2.50. The van der Waals surface area contributed by atoms with Crippen LogP contribution in [0.15, 0.2) is 65.3 Å². The largest absolute Gasteiger partial charge is 0.403 e. The van der Waals surface area contributed by atoms with Gasteiger partial charge in [0.25, 0.3) is 0 Å². The number of hydrogen-bond donors (Lipinski definition) is 0. The summed E-state index contributed by atoms with van der Waals surface area (Å²) in [5.74, 6) is -0.197. The van der Waals surface area contributed by atoms with Gasteiger partial charge in [0, 0.05) is 30.9 Å². The van der Waals surface area contributed by atoms with E-state index < -0.39 is 5.97 Å². The van der Waals surface area contributed by atoms with Gasteiger partial charge in [0.15, 0.2) is 5.70 Å². The lowest BCUT2D eigenvalue weighted by Crippen LogP contribution is -2.07. The minimum Gasteiger partial charge on any atom is -0.403 e. The van der Waals surface area contributed by atoms with Crippen molar-refractivity contribution < 1.29 is 9.53 Å². The summed E-state index contributed by atoms with van der Waals surface area (Å²) in [6, 6.07) is 15.2. The standard InChI is InChI=1S/C20H17ClN2O2/c1-23(2)17-9-6-14(7-10-17)8-11-19-22-18(20(24)25-19)13-15-4-3-5-16(21)12-15/h3-13H,1-2H3. The molecule has 0 fully saturated rings. The average Bonchev–Trinajstić information content (AvgIpc) is 2.93. The first-order valence-electron chi connectivity index (χ1n) is 7.75. The van der Waals surface area contributed by atoms with Crippen LogP contribution < -0.4 is 4.90 Å². The van der Waals surface area contributed by atoms with E-state index in [-0.39, 0.29) is 11.6 Å². The zero-order valence-corrected chi connectivity index (χ0v) is 14.7. The third kappa shape index (κ3) is 4.37. The number of rotatable bonds is 4. The lowest BCUT2D eigenvalue weighted by Gasteiger charge is -2.11. The number of benzene rings is 2. The second kappa shape index (κ2) is 7.36. The van der Waals surface area contributed by atoms with E-state index in [0.717, 1.165) is 16.8 Å². The van der Waals surface area contributed by atoms with E-state index >= 15 is 0 Å². The number of hydrogen-bond acceptors (Lipinski definition) is 4. The molecule has 4 nitrogen and oxygen atoms in total. The minimum atomic E-state index is -0.470.